The molecule has 0 aromatic rings. The van der Waals surface area contributed by atoms with Crippen molar-refractivity contribution in [1.29, 1.82) is 0 Å². The number of hydrogen-bond acceptors (Lipinski definition) is 5. The normalized spacial score (nSPS) is 16.3. The zero-order chi connectivity index (χ0) is 11.9. The van der Waals surface area contributed by atoms with Crippen LogP contribution in [0.1, 0.15) is 19.8 Å². The summed E-state index contributed by atoms with van der Waals surface area (Å²) in [6, 6.07) is 0. The molecule has 1 N–H and O–H groups in total. The fourth-order valence-corrected chi connectivity index (χ4v) is 2.05. The van der Waals surface area contributed by atoms with E-state index in [4.69, 9.17) is 9.99 Å². The lowest BCUT2D eigenvalue weighted by atomic mass is 10.0. The van der Waals surface area contributed by atoms with Crippen LogP contribution in [0.15, 0.2) is 0 Å². The number of ether oxygens (including phenoxy) is 1. The highest BCUT2D eigenvalue weighted by molar-refractivity contribution is 7.90. The predicted molar refractivity (Wildman–Crippen MR) is 57.5 cm³/mol. The molecular formula is C9H20O5S. The Morgan fingerprint density at radius 2 is 2.00 bits per heavy atom. The van der Waals surface area contributed by atoms with Crippen molar-refractivity contribution in [2.24, 2.45) is 5.92 Å². The van der Waals surface area contributed by atoms with E-state index < -0.39 is 9.84 Å². The van der Waals surface area contributed by atoms with Gasteiger partial charge in [-0.3, -0.25) is 5.26 Å². The van der Waals surface area contributed by atoms with Gasteiger partial charge in [0.25, 0.3) is 0 Å². The van der Waals surface area contributed by atoms with Crippen LogP contribution in [-0.2, 0) is 19.5 Å². The van der Waals surface area contributed by atoms with Crippen molar-refractivity contribution in [3.63, 3.8) is 0 Å². The molecule has 5 nitrogen and oxygen atoms in total. The van der Waals surface area contributed by atoms with E-state index in [0.717, 1.165) is 0 Å². The molecule has 92 valence electrons. The summed E-state index contributed by atoms with van der Waals surface area (Å²) in [6.45, 7) is 2.36. The second-order valence-electron chi connectivity index (χ2n) is 3.85. The number of rotatable bonds is 8. The summed E-state index contributed by atoms with van der Waals surface area (Å²) < 4.78 is 26.7. The van der Waals surface area contributed by atoms with Gasteiger partial charge in [-0.1, -0.05) is 6.92 Å². The van der Waals surface area contributed by atoms with Gasteiger partial charge in [-0.15, -0.1) is 0 Å². The smallest absolute Gasteiger partial charge is 0.147 e. The van der Waals surface area contributed by atoms with Gasteiger partial charge < -0.3 is 4.74 Å². The third-order valence-corrected chi connectivity index (χ3v) is 3.23. The Balaban J connectivity index is 3.90. The van der Waals surface area contributed by atoms with Crippen molar-refractivity contribution in [2.45, 2.75) is 25.9 Å². The van der Waals surface area contributed by atoms with Crippen molar-refractivity contribution >= 4 is 9.84 Å². The van der Waals surface area contributed by atoms with E-state index in [1.54, 1.807) is 7.11 Å². The molecule has 0 aromatic heterocycles. The summed E-state index contributed by atoms with van der Waals surface area (Å²) in [7, 11) is -1.36. The third kappa shape index (κ3) is 7.72. The Bertz CT molecular complexity index is 249. The Morgan fingerprint density at radius 1 is 1.40 bits per heavy atom. The van der Waals surface area contributed by atoms with Crippen molar-refractivity contribution in [3.8, 4) is 0 Å². The second-order valence-corrected chi connectivity index (χ2v) is 6.11. The monoisotopic (exact) mass is 240 g/mol. The molecule has 0 fully saturated rings. The molecule has 0 rings (SSSR count). The van der Waals surface area contributed by atoms with Crippen molar-refractivity contribution < 1.29 is 23.3 Å². The molecule has 0 saturated carbocycles. The predicted octanol–water partition coefficient (Wildman–Crippen LogP) is 0.952. The molecular weight excluding hydrogens is 220 g/mol. The molecule has 0 radical (unpaired) electrons. The zero-order valence-corrected chi connectivity index (χ0v) is 10.3. The average molecular weight is 240 g/mol. The van der Waals surface area contributed by atoms with E-state index in [-0.39, 0.29) is 17.8 Å². The highest BCUT2D eigenvalue weighted by atomic mass is 32.2. The highest BCUT2D eigenvalue weighted by Gasteiger charge is 2.18. The third-order valence-electron chi connectivity index (χ3n) is 2.20. The lowest BCUT2D eigenvalue weighted by molar-refractivity contribution is -0.292. The van der Waals surface area contributed by atoms with E-state index in [1.165, 1.54) is 6.26 Å². The summed E-state index contributed by atoms with van der Waals surface area (Å²) in [4.78, 5) is 4.30. The molecule has 2 unspecified atom stereocenters. The van der Waals surface area contributed by atoms with E-state index in [9.17, 15) is 8.42 Å². The largest absolute Gasteiger partial charge is 0.384 e. The van der Waals surface area contributed by atoms with Crippen molar-refractivity contribution in [2.75, 3.05) is 25.7 Å². The van der Waals surface area contributed by atoms with Gasteiger partial charge in [-0.25, -0.2) is 13.3 Å². The first kappa shape index (κ1) is 14.8. The Hall–Kier alpha value is -0.170. The van der Waals surface area contributed by atoms with Crippen LogP contribution in [0, 0.1) is 5.92 Å². The minimum Gasteiger partial charge on any atom is -0.384 e. The summed E-state index contributed by atoms with van der Waals surface area (Å²) in [5.41, 5.74) is 0. The van der Waals surface area contributed by atoms with Crippen molar-refractivity contribution in [1.82, 2.24) is 0 Å². The molecule has 0 aliphatic heterocycles. The van der Waals surface area contributed by atoms with Crippen LogP contribution < -0.4 is 0 Å². The first-order valence-corrected chi connectivity index (χ1v) is 6.93. The van der Waals surface area contributed by atoms with Gasteiger partial charge in [0.05, 0.1) is 12.7 Å². The molecule has 0 aliphatic carbocycles. The first-order valence-electron chi connectivity index (χ1n) is 4.87. The van der Waals surface area contributed by atoms with Gasteiger partial charge in [-0.2, -0.15) is 0 Å². The summed E-state index contributed by atoms with van der Waals surface area (Å²) in [5.74, 6) is 0.159. The van der Waals surface area contributed by atoms with Gasteiger partial charge >= 0.3 is 0 Å². The van der Waals surface area contributed by atoms with Crippen LogP contribution in [0.25, 0.3) is 0 Å². The fourth-order valence-electron chi connectivity index (χ4n) is 1.36. The van der Waals surface area contributed by atoms with Gasteiger partial charge in [0, 0.05) is 25.0 Å². The molecule has 0 spiro atoms. The summed E-state index contributed by atoms with van der Waals surface area (Å²) >= 11 is 0. The molecule has 0 amide bonds. The van der Waals surface area contributed by atoms with Crippen LogP contribution >= 0.6 is 0 Å². The summed E-state index contributed by atoms with van der Waals surface area (Å²) in [5, 5.41) is 8.65. The molecule has 0 saturated heterocycles. The minimum atomic E-state index is -2.93. The molecule has 2 atom stereocenters. The lowest BCUT2D eigenvalue weighted by Crippen LogP contribution is -2.25. The SMILES string of the molecule is COCC(C)C(CCCS(C)(=O)=O)OO. The van der Waals surface area contributed by atoms with E-state index in [2.05, 4.69) is 4.89 Å². The van der Waals surface area contributed by atoms with Crippen LogP contribution in [0.4, 0.5) is 0 Å². The van der Waals surface area contributed by atoms with E-state index in [1.807, 2.05) is 6.92 Å². The fraction of sp³-hybridized carbons (Fsp3) is 1.00. The first-order chi connectivity index (χ1) is 6.90. The number of hydrogen-bond donors (Lipinski definition) is 1. The van der Waals surface area contributed by atoms with Gasteiger partial charge in [0.2, 0.25) is 0 Å². The Labute approximate surface area is 91.2 Å². The number of sulfone groups is 1. The van der Waals surface area contributed by atoms with Crippen molar-refractivity contribution in [3.05, 3.63) is 0 Å². The van der Waals surface area contributed by atoms with Crippen LogP contribution in [-0.4, -0.2) is 45.5 Å². The minimum absolute atomic E-state index is 0.0413. The maximum absolute atomic E-state index is 10.9. The van der Waals surface area contributed by atoms with Crippen LogP contribution in [0.3, 0.4) is 0 Å². The topological polar surface area (TPSA) is 72.8 Å². The molecule has 0 bridgehead atoms. The van der Waals surface area contributed by atoms with E-state index >= 15 is 0 Å². The quantitative estimate of drug-likeness (QED) is 0.505. The van der Waals surface area contributed by atoms with Gasteiger partial charge in [0.15, 0.2) is 0 Å². The van der Waals surface area contributed by atoms with Crippen LogP contribution in [0.5, 0.6) is 0 Å². The average Bonchev–Trinajstić information content (AvgIpc) is 2.11. The summed E-state index contributed by atoms with van der Waals surface area (Å²) in [6.07, 6.45) is 1.82. The second kappa shape index (κ2) is 7.16. The Morgan fingerprint density at radius 3 is 2.40 bits per heavy atom. The van der Waals surface area contributed by atoms with E-state index in [0.29, 0.717) is 19.4 Å². The van der Waals surface area contributed by atoms with Gasteiger partial charge in [-0.05, 0) is 12.8 Å². The van der Waals surface area contributed by atoms with Gasteiger partial charge in [0.1, 0.15) is 9.84 Å². The highest BCUT2D eigenvalue weighted by Crippen LogP contribution is 2.13. The molecule has 0 aliphatic rings. The zero-order valence-electron chi connectivity index (χ0n) is 9.47. The molecule has 15 heavy (non-hydrogen) atoms. The lowest BCUT2D eigenvalue weighted by Gasteiger charge is -2.19. The maximum atomic E-state index is 10.9. The molecule has 6 heteroatoms. The maximum Gasteiger partial charge on any atom is 0.147 e. The molecule has 0 aromatic carbocycles. The standard InChI is InChI=1S/C9H20O5S/c1-8(7-13-2)9(14-10)5-4-6-15(3,11)12/h8-10H,4-7H2,1-3H3. The molecule has 0 heterocycles. The van der Waals surface area contributed by atoms with Crippen LogP contribution in [0.2, 0.25) is 0 Å². The Kier molecular flexibility index (Phi) is 7.08. The number of methoxy groups -OCH3 is 1.